The number of aliphatic imine (C=N–C) groups is 2. The summed E-state index contributed by atoms with van der Waals surface area (Å²) in [5.41, 5.74) is 1.15. The molecule has 7 nitrogen and oxygen atoms in total. The number of amidine groups is 2. The molecule has 1 atom stereocenters. The van der Waals surface area contributed by atoms with Crippen molar-refractivity contribution in [3.8, 4) is 0 Å². The van der Waals surface area contributed by atoms with Crippen LogP contribution in [-0.2, 0) is 7.05 Å². The Morgan fingerprint density at radius 1 is 1.43 bits per heavy atom. The second-order valence-corrected chi connectivity index (χ2v) is 5.67. The quantitative estimate of drug-likeness (QED) is 0.915. The first kappa shape index (κ1) is 12.3. The van der Waals surface area contributed by atoms with Crippen LogP contribution in [0.4, 0.5) is 5.13 Å². The van der Waals surface area contributed by atoms with Gasteiger partial charge < -0.3 is 10.2 Å². The summed E-state index contributed by atoms with van der Waals surface area (Å²) < 4.78 is 1.81. The van der Waals surface area contributed by atoms with Crippen LogP contribution in [0.1, 0.15) is 11.6 Å². The van der Waals surface area contributed by atoms with Crippen LogP contribution in [-0.4, -0.2) is 37.9 Å². The fourth-order valence-corrected chi connectivity index (χ4v) is 2.98. The third-order valence-electron chi connectivity index (χ3n) is 3.40. The van der Waals surface area contributed by atoms with Crippen LogP contribution in [0.2, 0.25) is 0 Å². The smallest absolute Gasteiger partial charge is 0.188 e. The van der Waals surface area contributed by atoms with E-state index in [0.29, 0.717) is 6.54 Å². The Kier molecular flexibility index (Phi) is 2.81. The highest BCUT2D eigenvalue weighted by atomic mass is 32.1. The standard InChI is InChI=1S/C13H13N7S/c1-19-8-9(6-17-19)10-7-16-12-11(14-2-4-20(10)12)18-13-15-3-5-21-13/h2-6,8,10H,7H2,1H3,(H,14,15,18). The molecule has 0 bridgehead atoms. The van der Waals surface area contributed by atoms with Gasteiger partial charge in [0.15, 0.2) is 16.8 Å². The van der Waals surface area contributed by atoms with Crippen molar-refractivity contribution in [3.63, 3.8) is 0 Å². The molecule has 2 aliphatic heterocycles. The topological polar surface area (TPSA) is 70.7 Å². The van der Waals surface area contributed by atoms with Crippen molar-refractivity contribution >= 4 is 28.1 Å². The molecule has 2 aromatic heterocycles. The van der Waals surface area contributed by atoms with E-state index in [4.69, 9.17) is 0 Å². The van der Waals surface area contributed by atoms with Crippen molar-refractivity contribution in [2.75, 3.05) is 11.9 Å². The molecule has 0 aliphatic carbocycles. The third-order valence-corrected chi connectivity index (χ3v) is 4.09. The number of nitrogens with one attached hydrogen (secondary N) is 1. The zero-order valence-corrected chi connectivity index (χ0v) is 12.2. The minimum absolute atomic E-state index is 0.175. The van der Waals surface area contributed by atoms with Crippen LogP contribution in [0, 0.1) is 0 Å². The molecule has 0 fully saturated rings. The Morgan fingerprint density at radius 3 is 3.14 bits per heavy atom. The molecule has 8 heteroatoms. The van der Waals surface area contributed by atoms with Gasteiger partial charge in [-0.05, 0) is 0 Å². The molecule has 4 rings (SSSR count). The average Bonchev–Trinajstić information content (AvgIpc) is 3.18. The van der Waals surface area contributed by atoms with Gasteiger partial charge in [-0.1, -0.05) is 0 Å². The first-order valence-corrected chi connectivity index (χ1v) is 7.42. The number of nitrogens with zero attached hydrogens (tertiary/aromatic N) is 6. The zero-order chi connectivity index (χ0) is 14.2. The normalized spacial score (nSPS) is 20.2. The van der Waals surface area contributed by atoms with Crippen LogP contribution in [0.15, 0.2) is 46.4 Å². The highest BCUT2D eigenvalue weighted by molar-refractivity contribution is 7.13. The number of hydrogen-bond donors (Lipinski definition) is 1. The fraction of sp³-hybridized carbons (Fsp3) is 0.231. The van der Waals surface area contributed by atoms with Crippen molar-refractivity contribution in [2.45, 2.75) is 6.04 Å². The summed E-state index contributed by atoms with van der Waals surface area (Å²) in [7, 11) is 1.92. The van der Waals surface area contributed by atoms with Gasteiger partial charge in [0, 0.05) is 42.8 Å². The number of aryl methyl sites for hydroxylation is 1. The molecule has 0 aromatic carbocycles. The summed E-state index contributed by atoms with van der Waals surface area (Å²) in [6.07, 6.45) is 9.41. The lowest BCUT2D eigenvalue weighted by Crippen LogP contribution is -2.37. The molecule has 0 radical (unpaired) electrons. The number of fused-ring (bicyclic) bond motifs is 1. The number of aromatic nitrogens is 3. The predicted octanol–water partition coefficient (Wildman–Crippen LogP) is 1.63. The molecule has 0 amide bonds. The van der Waals surface area contributed by atoms with Crippen molar-refractivity contribution in [1.82, 2.24) is 19.7 Å². The molecule has 0 saturated heterocycles. The fourth-order valence-electron chi connectivity index (χ4n) is 2.45. The van der Waals surface area contributed by atoms with Gasteiger partial charge >= 0.3 is 0 Å². The minimum atomic E-state index is 0.175. The Morgan fingerprint density at radius 2 is 2.38 bits per heavy atom. The van der Waals surface area contributed by atoms with Crippen molar-refractivity contribution < 1.29 is 0 Å². The van der Waals surface area contributed by atoms with Crippen molar-refractivity contribution in [3.05, 3.63) is 41.9 Å². The molecular formula is C13H13N7S. The number of hydrogen-bond acceptors (Lipinski definition) is 7. The molecule has 0 spiro atoms. The molecule has 21 heavy (non-hydrogen) atoms. The van der Waals surface area contributed by atoms with Gasteiger partial charge in [-0.3, -0.25) is 9.67 Å². The summed E-state index contributed by atoms with van der Waals surface area (Å²) in [6.45, 7) is 0.698. The summed E-state index contributed by atoms with van der Waals surface area (Å²) in [5, 5.41) is 10.2. The zero-order valence-electron chi connectivity index (χ0n) is 11.3. The van der Waals surface area contributed by atoms with Gasteiger partial charge in [0.25, 0.3) is 0 Å². The second-order valence-electron chi connectivity index (χ2n) is 4.77. The molecule has 1 N–H and O–H groups in total. The highest BCUT2D eigenvalue weighted by Gasteiger charge is 2.32. The Bertz CT molecular complexity index is 740. The molecule has 2 aliphatic rings. The molecule has 2 aromatic rings. The lowest BCUT2D eigenvalue weighted by molar-refractivity contribution is 0.458. The van der Waals surface area contributed by atoms with E-state index >= 15 is 0 Å². The molecule has 0 saturated carbocycles. The monoisotopic (exact) mass is 299 g/mol. The second kappa shape index (κ2) is 4.81. The predicted molar refractivity (Wildman–Crippen MR) is 82.4 cm³/mol. The van der Waals surface area contributed by atoms with E-state index in [1.807, 2.05) is 35.7 Å². The number of thiazole rings is 1. The lowest BCUT2D eigenvalue weighted by Gasteiger charge is -2.25. The molecule has 4 heterocycles. The summed E-state index contributed by atoms with van der Waals surface area (Å²) in [6, 6.07) is 0.175. The average molecular weight is 299 g/mol. The van der Waals surface area contributed by atoms with Crippen LogP contribution >= 0.6 is 11.3 Å². The van der Waals surface area contributed by atoms with E-state index in [0.717, 1.165) is 22.4 Å². The number of anilines is 1. The van der Waals surface area contributed by atoms with Gasteiger partial charge in [0.2, 0.25) is 0 Å². The Hall–Kier alpha value is -2.48. The van der Waals surface area contributed by atoms with E-state index in [-0.39, 0.29) is 6.04 Å². The van der Waals surface area contributed by atoms with E-state index in [9.17, 15) is 0 Å². The maximum atomic E-state index is 4.62. The van der Waals surface area contributed by atoms with E-state index < -0.39 is 0 Å². The van der Waals surface area contributed by atoms with Gasteiger partial charge in [0.1, 0.15) is 0 Å². The Labute approximate surface area is 125 Å². The minimum Gasteiger partial charge on any atom is -0.319 e. The first-order valence-electron chi connectivity index (χ1n) is 6.54. The van der Waals surface area contributed by atoms with E-state index in [1.165, 1.54) is 11.3 Å². The maximum Gasteiger partial charge on any atom is 0.188 e. The van der Waals surface area contributed by atoms with Crippen LogP contribution in [0.25, 0.3) is 0 Å². The molecule has 1 unspecified atom stereocenters. The highest BCUT2D eigenvalue weighted by Crippen LogP contribution is 2.29. The van der Waals surface area contributed by atoms with Gasteiger partial charge in [0.05, 0.1) is 18.8 Å². The molecule has 106 valence electrons. The Balaban J connectivity index is 1.59. The largest absolute Gasteiger partial charge is 0.319 e. The van der Waals surface area contributed by atoms with Crippen LogP contribution in [0.5, 0.6) is 0 Å². The van der Waals surface area contributed by atoms with Gasteiger partial charge in [-0.15, -0.1) is 11.3 Å². The van der Waals surface area contributed by atoms with Gasteiger partial charge in [-0.25, -0.2) is 9.98 Å². The number of rotatable bonds is 2. The lowest BCUT2D eigenvalue weighted by atomic mass is 10.1. The van der Waals surface area contributed by atoms with Gasteiger partial charge in [-0.2, -0.15) is 5.10 Å². The summed E-state index contributed by atoms with van der Waals surface area (Å²) >= 11 is 1.54. The van der Waals surface area contributed by atoms with Crippen LogP contribution in [0.3, 0.4) is 0 Å². The van der Waals surface area contributed by atoms with E-state index in [2.05, 4.69) is 30.3 Å². The first-order chi connectivity index (χ1) is 10.3. The SMILES string of the molecule is Cn1cc(C2CN=C3C(Nc4nccs4)=NC=CN32)cn1. The van der Waals surface area contributed by atoms with E-state index in [1.54, 1.807) is 12.4 Å². The van der Waals surface area contributed by atoms with Crippen LogP contribution < -0.4 is 5.32 Å². The summed E-state index contributed by atoms with van der Waals surface area (Å²) in [4.78, 5) is 15.3. The molecular weight excluding hydrogens is 286 g/mol. The van der Waals surface area contributed by atoms with Crippen molar-refractivity contribution in [1.29, 1.82) is 0 Å². The van der Waals surface area contributed by atoms with Crippen molar-refractivity contribution in [2.24, 2.45) is 17.0 Å². The third kappa shape index (κ3) is 2.13. The maximum absolute atomic E-state index is 4.62. The summed E-state index contributed by atoms with van der Waals surface area (Å²) in [5.74, 6) is 1.58.